The zero-order chi connectivity index (χ0) is 8.85. The first-order chi connectivity index (χ1) is 5.07. The Morgan fingerprint density at radius 1 is 1.27 bits per heavy atom. The van der Waals surface area contributed by atoms with Crippen LogP contribution in [0.1, 0.15) is 20.3 Å². The van der Waals surface area contributed by atoms with Crippen LogP contribution >= 0.6 is 34.8 Å². The Kier molecular flexibility index (Phi) is 6.12. The molecule has 0 N–H and O–H groups in total. The van der Waals surface area contributed by atoms with Crippen molar-refractivity contribution in [1.29, 1.82) is 0 Å². The number of alkyl halides is 1. The van der Waals surface area contributed by atoms with E-state index >= 15 is 0 Å². The van der Waals surface area contributed by atoms with E-state index in [0.717, 1.165) is 22.1 Å². The zero-order valence-electron chi connectivity index (χ0n) is 6.63. The molecule has 0 aromatic rings. The molecule has 0 aliphatic rings. The van der Waals surface area contributed by atoms with Crippen LogP contribution in [0, 0.1) is 0 Å². The molecule has 0 atom stereocenters. The molecule has 64 valence electrons. The molecule has 11 heavy (non-hydrogen) atoms. The van der Waals surface area contributed by atoms with Crippen molar-refractivity contribution < 1.29 is 0 Å². The van der Waals surface area contributed by atoms with E-state index in [1.165, 1.54) is 0 Å². The number of halogens is 3. The molecule has 0 spiro atoms. The summed E-state index contributed by atoms with van der Waals surface area (Å²) >= 11 is 17.0. The number of hydrogen-bond donors (Lipinski definition) is 0. The van der Waals surface area contributed by atoms with Crippen LogP contribution in [0.15, 0.2) is 21.7 Å². The maximum Gasteiger partial charge on any atom is 0.0450 e. The van der Waals surface area contributed by atoms with Crippen LogP contribution in [-0.2, 0) is 0 Å². The molecule has 0 rings (SSSR count). The van der Waals surface area contributed by atoms with E-state index in [1.807, 2.05) is 19.9 Å². The molecular formula is C8H11Cl3. The Morgan fingerprint density at radius 2 is 1.82 bits per heavy atom. The third kappa shape index (κ3) is 5.60. The van der Waals surface area contributed by atoms with Gasteiger partial charge in [0.25, 0.3) is 0 Å². The van der Waals surface area contributed by atoms with Crippen LogP contribution in [0.2, 0.25) is 0 Å². The van der Waals surface area contributed by atoms with Crippen molar-refractivity contribution in [3.05, 3.63) is 21.7 Å². The minimum Gasteiger partial charge on any atom is -0.122 e. The van der Waals surface area contributed by atoms with Crippen LogP contribution in [0.25, 0.3) is 0 Å². The molecule has 0 bridgehead atoms. The Balaban J connectivity index is 4.12. The SMILES string of the molecule is C/C(Cl)=C/C/C(CCl)=C(\C)Cl. The second-order valence-corrected chi connectivity index (χ2v) is 3.70. The second-order valence-electron chi connectivity index (χ2n) is 2.27. The summed E-state index contributed by atoms with van der Waals surface area (Å²) in [6.45, 7) is 3.66. The molecule has 3 heteroatoms. The number of rotatable bonds is 3. The van der Waals surface area contributed by atoms with Crippen molar-refractivity contribution in [3.63, 3.8) is 0 Å². The van der Waals surface area contributed by atoms with Gasteiger partial charge in [-0.2, -0.15) is 0 Å². The smallest absolute Gasteiger partial charge is 0.0450 e. The second kappa shape index (κ2) is 5.93. The van der Waals surface area contributed by atoms with Gasteiger partial charge in [0.15, 0.2) is 0 Å². The standard InChI is InChI=1S/C8H11Cl3/c1-6(10)3-4-8(5-9)7(2)11/h3H,4-5H2,1-2H3/b6-3-,8-7-. The van der Waals surface area contributed by atoms with E-state index in [0.29, 0.717) is 5.88 Å². The summed E-state index contributed by atoms with van der Waals surface area (Å²) in [5, 5.41) is 1.53. The fourth-order valence-corrected chi connectivity index (χ4v) is 1.15. The minimum atomic E-state index is 0.468. The van der Waals surface area contributed by atoms with E-state index < -0.39 is 0 Å². The summed E-state index contributed by atoms with van der Waals surface area (Å²) in [5.74, 6) is 0.468. The molecule has 0 aromatic heterocycles. The van der Waals surface area contributed by atoms with Crippen molar-refractivity contribution in [3.8, 4) is 0 Å². The van der Waals surface area contributed by atoms with Gasteiger partial charge in [-0.1, -0.05) is 29.3 Å². The summed E-state index contributed by atoms with van der Waals surface area (Å²) in [7, 11) is 0. The highest BCUT2D eigenvalue weighted by atomic mass is 35.5. The first-order valence-electron chi connectivity index (χ1n) is 3.30. The fourth-order valence-electron chi connectivity index (χ4n) is 0.551. The Labute approximate surface area is 82.8 Å². The molecule has 0 saturated carbocycles. The average Bonchev–Trinajstić information content (AvgIpc) is 1.87. The van der Waals surface area contributed by atoms with E-state index in [-0.39, 0.29) is 0 Å². The maximum atomic E-state index is 5.75. The highest BCUT2D eigenvalue weighted by molar-refractivity contribution is 6.31. The summed E-state index contributed by atoms with van der Waals surface area (Å²) in [5.41, 5.74) is 1.02. The molecule has 0 radical (unpaired) electrons. The van der Waals surface area contributed by atoms with Gasteiger partial charge in [0.2, 0.25) is 0 Å². The van der Waals surface area contributed by atoms with Gasteiger partial charge < -0.3 is 0 Å². The first kappa shape index (κ1) is 11.4. The Bertz CT molecular complexity index is 172. The molecule has 0 saturated heterocycles. The maximum absolute atomic E-state index is 5.75. The van der Waals surface area contributed by atoms with E-state index in [2.05, 4.69) is 0 Å². The van der Waals surface area contributed by atoms with Gasteiger partial charge in [0, 0.05) is 15.9 Å². The lowest BCUT2D eigenvalue weighted by Crippen LogP contribution is -1.84. The first-order valence-corrected chi connectivity index (χ1v) is 4.59. The Hall–Kier alpha value is 0.350. The molecule has 0 amide bonds. The molecule has 0 heterocycles. The normalized spacial score (nSPS) is 14.8. The predicted octanol–water partition coefficient (Wildman–Crippen LogP) is 4.27. The molecule has 0 aliphatic heterocycles. The van der Waals surface area contributed by atoms with Crippen LogP contribution in [0.4, 0.5) is 0 Å². The summed E-state index contributed by atoms with van der Waals surface area (Å²) in [4.78, 5) is 0. The summed E-state index contributed by atoms with van der Waals surface area (Å²) < 4.78 is 0. The van der Waals surface area contributed by atoms with Crippen LogP contribution < -0.4 is 0 Å². The topological polar surface area (TPSA) is 0 Å². The lowest BCUT2D eigenvalue weighted by Gasteiger charge is -1.99. The van der Waals surface area contributed by atoms with Crippen molar-refractivity contribution in [2.75, 3.05) is 5.88 Å². The van der Waals surface area contributed by atoms with Gasteiger partial charge >= 0.3 is 0 Å². The number of allylic oxidation sites excluding steroid dienone is 4. The van der Waals surface area contributed by atoms with Gasteiger partial charge in [-0.25, -0.2) is 0 Å². The van der Waals surface area contributed by atoms with Crippen molar-refractivity contribution in [2.45, 2.75) is 20.3 Å². The highest BCUT2D eigenvalue weighted by Gasteiger charge is 1.96. The average molecular weight is 214 g/mol. The molecule has 0 unspecified atom stereocenters. The highest BCUT2D eigenvalue weighted by Crippen LogP contribution is 2.16. The van der Waals surface area contributed by atoms with E-state index in [4.69, 9.17) is 34.8 Å². The summed E-state index contributed by atoms with van der Waals surface area (Å²) in [6, 6.07) is 0. The van der Waals surface area contributed by atoms with Gasteiger partial charge in [-0.05, 0) is 25.8 Å². The third-order valence-corrected chi connectivity index (χ3v) is 2.02. The van der Waals surface area contributed by atoms with E-state index in [9.17, 15) is 0 Å². The van der Waals surface area contributed by atoms with Crippen LogP contribution in [0.3, 0.4) is 0 Å². The van der Waals surface area contributed by atoms with Crippen LogP contribution in [-0.4, -0.2) is 5.88 Å². The van der Waals surface area contributed by atoms with Gasteiger partial charge in [-0.15, -0.1) is 11.6 Å². The van der Waals surface area contributed by atoms with Gasteiger partial charge in [0.1, 0.15) is 0 Å². The van der Waals surface area contributed by atoms with Crippen molar-refractivity contribution >= 4 is 34.8 Å². The molecule has 0 fully saturated rings. The quantitative estimate of drug-likeness (QED) is 0.614. The molecule has 0 aromatic carbocycles. The zero-order valence-corrected chi connectivity index (χ0v) is 8.89. The lowest BCUT2D eigenvalue weighted by atomic mass is 10.2. The predicted molar refractivity (Wildman–Crippen MR) is 53.5 cm³/mol. The largest absolute Gasteiger partial charge is 0.122 e. The van der Waals surface area contributed by atoms with Crippen molar-refractivity contribution in [1.82, 2.24) is 0 Å². The Morgan fingerprint density at radius 3 is 2.09 bits per heavy atom. The minimum absolute atomic E-state index is 0.468. The van der Waals surface area contributed by atoms with Gasteiger partial charge in [-0.3, -0.25) is 0 Å². The summed E-state index contributed by atoms with van der Waals surface area (Å²) in [6.07, 6.45) is 2.64. The van der Waals surface area contributed by atoms with Crippen LogP contribution in [0.5, 0.6) is 0 Å². The fraction of sp³-hybridized carbons (Fsp3) is 0.500. The molecule has 0 nitrogen and oxygen atoms in total. The molecular weight excluding hydrogens is 202 g/mol. The third-order valence-electron chi connectivity index (χ3n) is 1.28. The number of hydrogen-bond acceptors (Lipinski definition) is 0. The monoisotopic (exact) mass is 212 g/mol. The van der Waals surface area contributed by atoms with Crippen molar-refractivity contribution in [2.24, 2.45) is 0 Å². The molecule has 0 aliphatic carbocycles. The lowest BCUT2D eigenvalue weighted by molar-refractivity contribution is 1.18. The van der Waals surface area contributed by atoms with Gasteiger partial charge in [0.05, 0.1) is 0 Å². The van der Waals surface area contributed by atoms with E-state index in [1.54, 1.807) is 0 Å².